The molecule has 0 unspecified atom stereocenters. The summed E-state index contributed by atoms with van der Waals surface area (Å²) >= 11 is 0. The predicted octanol–water partition coefficient (Wildman–Crippen LogP) is -0.669. The molecule has 0 radical (unpaired) electrons. The van der Waals surface area contributed by atoms with Gasteiger partial charge >= 0.3 is 0 Å². The number of nitrogen functional groups attached to an aromatic ring is 2. The summed E-state index contributed by atoms with van der Waals surface area (Å²) in [5, 5.41) is 23.6. The normalized spacial score (nSPS) is 10.8. The molecule has 0 atom stereocenters. The molecule has 0 aliphatic heterocycles. The molecule has 7 nitrogen and oxygen atoms in total. The third-order valence-corrected chi connectivity index (χ3v) is 1.72. The van der Waals surface area contributed by atoms with Crippen molar-refractivity contribution in [2.75, 3.05) is 11.5 Å². The highest BCUT2D eigenvalue weighted by Gasteiger charge is 2.18. The van der Waals surface area contributed by atoms with Crippen molar-refractivity contribution in [3.05, 3.63) is 11.3 Å². The van der Waals surface area contributed by atoms with Crippen molar-refractivity contribution in [1.29, 1.82) is 0 Å². The number of phenolic OH excluding ortho intramolecular Hbond substituents is 1. The number of anilines is 2. The summed E-state index contributed by atoms with van der Waals surface area (Å²) in [5.74, 6) is -0.411. The smallest absolute Gasteiger partial charge is 0.269 e. The molecule has 0 spiro atoms. The molecular weight excluding hydrogens is 176 g/mol. The highest BCUT2D eigenvalue weighted by atomic mass is 16.8. The number of nitrogens with zero attached hydrogens (tertiary/aromatic N) is 2. The Labute approximate surface area is 71.7 Å². The summed E-state index contributed by atoms with van der Waals surface area (Å²) in [6.07, 6.45) is 0. The van der Waals surface area contributed by atoms with E-state index in [0.717, 1.165) is 0 Å². The molecule has 0 saturated carbocycles. The lowest BCUT2D eigenvalue weighted by atomic mass is 10.2. The van der Waals surface area contributed by atoms with E-state index in [1.54, 1.807) is 0 Å². The molecule has 0 aliphatic rings. The molecule has 0 saturated heterocycles. The van der Waals surface area contributed by atoms with Gasteiger partial charge in [0.1, 0.15) is 5.69 Å². The van der Waals surface area contributed by atoms with Gasteiger partial charge in [0.15, 0.2) is 5.75 Å². The second-order valence-corrected chi connectivity index (χ2v) is 2.53. The molecule has 2 aromatic rings. The van der Waals surface area contributed by atoms with Crippen molar-refractivity contribution in [1.82, 2.24) is 5.16 Å². The number of hydrogen-bond acceptors (Lipinski definition) is 6. The molecule has 2 rings (SSSR count). The van der Waals surface area contributed by atoms with E-state index >= 15 is 0 Å². The summed E-state index contributed by atoms with van der Waals surface area (Å²) < 4.78 is 4.25. The Bertz CT molecular complexity index is 478. The van der Waals surface area contributed by atoms with Gasteiger partial charge in [-0.3, -0.25) is 4.63 Å². The van der Waals surface area contributed by atoms with Crippen LogP contribution in [0.25, 0.3) is 11.0 Å². The molecule has 1 heterocycles. The van der Waals surface area contributed by atoms with Crippen molar-refractivity contribution in [2.45, 2.75) is 0 Å². The Hall–Kier alpha value is -2.18. The second-order valence-electron chi connectivity index (χ2n) is 2.53. The van der Waals surface area contributed by atoms with E-state index in [2.05, 4.69) is 9.79 Å². The van der Waals surface area contributed by atoms with Crippen LogP contribution in [0, 0.1) is 5.21 Å². The van der Waals surface area contributed by atoms with Crippen LogP contribution < -0.4 is 16.4 Å². The molecule has 7 heteroatoms. The topological polar surface area (TPSA) is 125 Å². The fraction of sp³-hybridized carbons (Fsp3) is 0. The number of fused-ring (bicyclic) bond motifs is 1. The molecule has 13 heavy (non-hydrogen) atoms. The van der Waals surface area contributed by atoms with Crippen molar-refractivity contribution < 1.29 is 14.6 Å². The number of aromatic hydroxyl groups is 1. The third kappa shape index (κ3) is 0.835. The lowest BCUT2D eigenvalue weighted by molar-refractivity contribution is -0.782. The Balaban J connectivity index is 2.97. The number of benzene rings is 1. The minimum Gasteiger partial charge on any atom is -0.502 e. The molecule has 0 fully saturated rings. The Morgan fingerprint density at radius 1 is 1.54 bits per heavy atom. The van der Waals surface area contributed by atoms with Crippen LogP contribution >= 0.6 is 0 Å². The minimum atomic E-state index is -0.411. The van der Waals surface area contributed by atoms with E-state index in [1.807, 2.05) is 0 Å². The summed E-state index contributed by atoms with van der Waals surface area (Å²) in [5.41, 5.74) is 10.9. The van der Waals surface area contributed by atoms with Crippen LogP contribution in [0.3, 0.4) is 0 Å². The van der Waals surface area contributed by atoms with Gasteiger partial charge in [-0.05, 0) is 4.90 Å². The van der Waals surface area contributed by atoms with Crippen molar-refractivity contribution in [3.8, 4) is 5.75 Å². The first-order chi connectivity index (χ1) is 6.11. The SMILES string of the molecule is Nc1cc2no[n+]([O-])c2c(O)c1N. The number of nitrogens with two attached hydrogens (primary N) is 2. The van der Waals surface area contributed by atoms with Crippen LogP contribution in [0.15, 0.2) is 10.7 Å². The first kappa shape index (κ1) is 7.47. The Morgan fingerprint density at radius 3 is 2.92 bits per heavy atom. The first-order valence-electron chi connectivity index (χ1n) is 3.37. The fourth-order valence-corrected chi connectivity index (χ4v) is 1.05. The van der Waals surface area contributed by atoms with Gasteiger partial charge in [-0.1, -0.05) is 0 Å². The molecule has 1 aromatic carbocycles. The van der Waals surface area contributed by atoms with Crippen LogP contribution in [-0.2, 0) is 0 Å². The predicted molar refractivity (Wildman–Crippen MR) is 43.5 cm³/mol. The Morgan fingerprint density at radius 2 is 2.23 bits per heavy atom. The highest BCUT2D eigenvalue weighted by molar-refractivity contribution is 5.90. The summed E-state index contributed by atoms with van der Waals surface area (Å²) in [6.45, 7) is 0. The largest absolute Gasteiger partial charge is 0.502 e. The second kappa shape index (κ2) is 2.16. The number of aromatic nitrogens is 2. The van der Waals surface area contributed by atoms with Gasteiger partial charge in [0.05, 0.1) is 5.69 Å². The van der Waals surface area contributed by atoms with E-state index < -0.39 is 5.75 Å². The molecule has 0 amide bonds. The van der Waals surface area contributed by atoms with Gasteiger partial charge in [-0.2, -0.15) is 0 Å². The van der Waals surface area contributed by atoms with Crippen LogP contribution in [0.1, 0.15) is 0 Å². The molecule has 0 aliphatic carbocycles. The zero-order valence-corrected chi connectivity index (χ0v) is 6.39. The maximum Gasteiger partial charge on any atom is 0.269 e. The average molecular weight is 182 g/mol. The van der Waals surface area contributed by atoms with Crippen LogP contribution in [0.2, 0.25) is 0 Å². The molecule has 5 N–H and O–H groups in total. The minimum absolute atomic E-state index is 0.0553. The molecule has 68 valence electrons. The quantitative estimate of drug-likeness (QED) is 0.282. The average Bonchev–Trinajstić information content (AvgIpc) is 2.43. The number of phenols is 1. The lowest BCUT2D eigenvalue weighted by Gasteiger charge is -2.00. The zero-order chi connectivity index (χ0) is 9.59. The zero-order valence-electron chi connectivity index (χ0n) is 6.39. The summed E-state index contributed by atoms with van der Waals surface area (Å²) in [4.78, 5) is 0.0699. The number of hydrogen-bond donors (Lipinski definition) is 3. The van der Waals surface area contributed by atoms with Crippen LogP contribution in [-0.4, -0.2) is 10.3 Å². The van der Waals surface area contributed by atoms with Crippen LogP contribution in [0.5, 0.6) is 5.75 Å². The maximum absolute atomic E-state index is 10.9. The van der Waals surface area contributed by atoms with E-state index in [-0.39, 0.29) is 27.3 Å². The van der Waals surface area contributed by atoms with E-state index in [9.17, 15) is 10.3 Å². The Kier molecular flexibility index (Phi) is 1.24. The highest BCUT2D eigenvalue weighted by Crippen LogP contribution is 2.32. The monoisotopic (exact) mass is 182 g/mol. The van der Waals surface area contributed by atoms with Crippen LogP contribution in [0.4, 0.5) is 11.4 Å². The van der Waals surface area contributed by atoms with Gasteiger partial charge in [-0.15, -0.1) is 0 Å². The first-order valence-corrected chi connectivity index (χ1v) is 3.37. The van der Waals surface area contributed by atoms with E-state index in [0.29, 0.717) is 0 Å². The fourth-order valence-electron chi connectivity index (χ4n) is 1.05. The lowest BCUT2D eigenvalue weighted by Crippen LogP contribution is -2.22. The standard InChI is InChI=1S/C6H6N4O3/c7-2-1-3-5(6(11)4(2)8)10(12)13-9-3/h1,11H,7-8H2. The third-order valence-electron chi connectivity index (χ3n) is 1.72. The van der Waals surface area contributed by atoms with E-state index in [1.165, 1.54) is 6.07 Å². The summed E-state index contributed by atoms with van der Waals surface area (Å²) in [7, 11) is 0. The van der Waals surface area contributed by atoms with Gasteiger partial charge in [0, 0.05) is 11.2 Å². The van der Waals surface area contributed by atoms with Crippen molar-refractivity contribution in [3.63, 3.8) is 0 Å². The molecule has 1 aromatic heterocycles. The van der Waals surface area contributed by atoms with Crippen molar-refractivity contribution >= 4 is 22.4 Å². The van der Waals surface area contributed by atoms with Gasteiger partial charge < -0.3 is 21.8 Å². The maximum atomic E-state index is 10.9. The van der Waals surface area contributed by atoms with Gasteiger partial charge in [0.25, 0.3) is 11.0 Å². The van der Waals surface area contributed by atoms with Gasteiger partial charge in [-0.25, -0.2) is 0 Å². The van der Waals surface area contributed by atoms with E-state index in [4.69, 9.17) is 11.5 Å². The molecular formula is C6H6N4O3. The van der Waals surface area contributed by atoms with Gasteiger partial charge in [0.2, 0.25) is 0 Å². The number of rotatable bonds is 0. The molecule has 0 bridgehead atoms. The summed E-state index contributed by atoms with van der Waals surface area (Å²) in [6, 6.07) is 1.35. The van der Waals surface area contributed by atoms with Crippen molar-refractivity contribution in [2.24, 2.45) is 0 Å².